The van der Waals surface area contributed by atoms with Crippen molar-refractivity contribution in [2.75, 3.05) is 32.7 Å². The first-order valence-corrected chi connectivity index (χ1v) is 9.52. The van der Waals surface area contributed by atoms with Gasteiger partial charge in [-0.05, 0) is 43.9 Å². The van der Waals surface area contributed by atoms with E-state index in [0.29, 0.717) is 44.6 Å². The monoisotopic (exact) mass is 326 g/mol. The molecule has 0 N–H and O–H groups in total. The third-order valence-electron chi connectivity index (χ3n) is 4.73. The van der Waals surface area contributed by atoms with E-state index in [4.69, 9.17) is 0 Å². The van der Waals surface area contributed by atoms with Gasteiger partial charge in [0, 0.05) is 26.2 Å². The standard InChI is InChI=1S/C16H23FN2O2S/c17-16-6-2-1-5-14(16)7-11-18-12-8-15(13-18)22(20,21)19-9-3-4-10-19/h1-2,5-6,15H,3-4,7-13H2/t15-/m1/s1. The number of hydrogen-bond donors (Lipinski definition) is 0. The van der Waals surface area contributed by atoms with Crippen molar-refractivity contribution in [3.8, 4) is 0 Å². The predicted octanol–water partition coefficient (Wildman–Crippen LogP) is 1.87. The summed E-state index contributed by atoms with van der Waals surface area (Å²) in [6, 6.07) is 6.79. The summed E-state index contributed by atoms with van der Waals surface area (Å²) in [4.78, 5) is 2.14. The molecule has 6 heteroatoms. The topological polar surface area (TPSA) is 40.6 Å². The maximum Gasteiger partial charge on any atom is 0.218 e. The normalized spacial score (nSPS) is 24.1. The SMILES string of the molecule is O=S(=O)([C@@H]1CCN(CCc2ccccc2F)C1)N1CCCC1. The Kier molecular flexibility index (Phi) is 4.80. The van der Waals surface area contributed by atoms with Gasteiger partial charge < -0.3 is 4.90 Å². The van der Waals surface area contributed by atoms with Gasteiger partial charge >= 0.3 is 0 Å². The molecule has 1 aromatic carbocycles. The number of likely N-dealkylation sites (tertiary alicyclic amines) is 1. The van der Waals surface area contributed by atoms with Crippen LogP contribution in [0.2, 0.25) is 0 Å². The maximum atomic E-state index is 13.6. The van der Waals surface area contributed by atoms with Crippen LogP contribution in [0.5, 0.6) is 0 Å². The number of sulfonamides is 1. The third kappa shape index (κ3) is 3.34. The van der Waals surface area contributed by atoms with Crippen molar-refractivity contribution < 1.29 is 12.8 Å². The molecular formula is C16H23FN2O2S. The zero-order valence-corrected chi connectivity index (χ0v) is 13.6. The van der Waals surface area contributed by atoms with E-state index in [9.17, 15) is 12.8 Å². The van der Waals surface area contributed by atoms with Gasteiger partial charge in [-0.2, -0.15) is 0 Å². The van der Waals surface area contributed by atoms with Crippen LogP contribution in [0.3, 0.4) is 0 Å². The zero-order valence-electron chi connectivity index (χ0n) is 12.7. The summed E-state index contributed by atoms with van der Waals surface area (Å²) in [7, 11) is -3.14. The third-order valence-corrected chi connectivity index (χ3v) is 7.04. The Bertz CT molecular complexity index is 614. The van der Waals surface area contributed by atoms with Gasteiger partial charge in [0.2, 0.25) is 10.0 Å². The summed E-state index contributed by atoms with van der Waals surface area (Å²) in [6.45, 7) is 3.43. The minimum absolute atomic E-state index is 0.178. The van der Waals surface area contributed by atoms with Crippen molar-refractivity contribution in [1.29, 1.82) is 0 Å². The lowest BCUT2D eigenvalue weighted by Gasteiger charge is -2.21. The fraction of sp³-hybridized carbons (Fsp3) is 0.625. The van der Waals surface area contributed by atoms with Crippen molar-refractivity contribution in [1.82, 2.24) is 9.21 Å². The van der Waals surface area contributed by atoms with E-state index >= 15 is 0 Å². The molecule has 0 radical (unpaired) electrons. The van der Waals surface area contributed by atoms with E-state index in [-0.39, 0.29) is 11.1 Å². The van der Waals surface area contributed by atoms with Crippen LogP contribution in [0.15, 0.2) is 24.3 Å². The first kappa shape index (κ1) is 15.9. The summed E-state index contributed by atoms with van der Waals surface area (Å²) in [5.41, 5.74) is 0.702. The molecular weight excluding hydrogens is 303 g/mol. The van der Waals surface area contributed by atoms with Crippen LogP contribution in [0, 0.1) is 5.82 Å². The first-order valence-electron chi connectivity index (χ1n) is 8.02. The molecule has 1 atom stereocenters. The van der Waals surface area contributed by atoms with Gasteiger partial charge in [0.1, 0.15) is 5.82 Å². The molecule has 2 aliphatic rings. The molecule has 0 aromatic heterocycles. The zero-order chi connectivity index (χ0) is 15.6. The molecule has 0 bridgehead atoms. The number of hydrogen-bond acceptors (Lipinski definition) is 3. The minimum atomic E-state index is -3.14. The molecule has 1 aromatic rings. The Balaban J connectivity index is 1.55. The molecule has 3 rings (SSSR count). The second kappa shape index (κ2) is 6.64. The van der Waals surface area contributed by atoms with Crippen molar-refractivity contribution in [3.05, 3.63) is 35.6 Å². The van der Waals surface area contributed by atoms with Gasteiger partial charge in [0.05, 0.1) is 5.25 Å². The highest BCUT2D eigenvalue weighted by Gasteiger charge is 2.37. The van der Waals surface area contributed by atoms with E-state index in [1.165, 1.54) is 6.07 Å². The molecule has 4 nitrogen and oxygen atoms in total. The predicted molar refractivity (Wildman–Crippen MR) is 84.7 cm³/mol. The molecule has 2 heterocycles. The second-order valence-corrected chi connectivity index (χ2v) is 8.42. The highest BCUT2D eigenvalue weighted by atomic mass is 32.2. The van der Waals surface area contributed by atoms with E-state index in [1.807, 2.05) is 6.07 Å². The van der Waals surface area contributed by atoms with Crippen molar-refractivity contribution in [2.45, 2.75) is 30.9 Å². The quantitative estimate of drug-likeness (QED) is 0.829. The highest BCUT2D eigenvalue weighted by molar-refractivity contribution is 7.89. The Morgan fingerprint density at radius 1 is 1.14 bits per heavy atom. The molecule has 0 unspecified atom stereocenters. The van der Waals surface area contributed by atoms with E-state index in [2.05, 4.69) is 4.90 Å². The van der Waals surface area contributed by atoms with Gasteiger partial charge in [-0.25, -0.2) is 17.1 Å². The van der Waals surface area contributed by atoms with Crippen molar-refractivity contribution in [3.63, 3.8) is 0 Å². The Morgan fingerprint density at radius 2 is 1.86 bits per heavy atom. The largest absolute Gasteiger partial charge is 0.302 e. The van der Waals surface area contributed by atoms with Crippen molar-refractivity contribution in [2.24, 2.45) is 0 Å². The van der Waals surface area contributed by atoms with Gasteiger partial charge in [-0.1, -0.05) is 18.2 Å². The molecule has 22 heavy (non-hydrogen) atoms. The fourth-order valence-electron chi connectivity index (χ4n) is 3.38. The average molecular weight is 326 g/mol. The van der Waals surface area contributed by atoms with Crippen LogP contribution in [0.4, 0.5) is 4.39 Å². The summed E-state index contributed by atoms with van der Waals surface area (Å²) in [6.07, 6.45) is 3.27. The van der Waals surface area contributed by atoms with Gasteiger partial charge in [-0.3, -0.25) is 0 Å². The molecule has 2 fully saturated rings. The van der Waals surface area contributed by atoms with E-state index in [0.717, 1.165) is 19.4 Å². The van der Waals surface area contributed by atoms with Crippen LogP contribution < -0.4 is 0 Å². The summed E-state index contributed by atoms with van der Waals surface area (Å²) in [5, 5.41) is -0.286. The highest BCUT2D eigenvalue weighted by Crippen LogP contribution is 2.24. The van der Waals surface area contributed by atoms with Crippen LogP contribution in [-0.4, -0.2) is 55.6 Å². The molecule has 0 amide bonds. The summed E-state index contributed by atoms with van der Waals surface area (Å²) < 4.78 is 40.4. The average Bonchev–Trinajstić information content (AvgIpc) is 3.18. The summed E-state index contributed by atoms with van der Waals surface area (Å²) in [5.74, 6) is -0.178. The summed E-state index contributed by atoms with van der Waals surface area (Å²) >= 11 is 0. The second-order valence-electron chi connectivity index (χ2n) is 6.20. The van der Waals surface area contributed by atoms with Crippen LogP contribution >= 0.6 is 0 Å². The van der Waals surface area contributed by atoms with Gasteiger partial charge in [0.25, 0.3) is 0 Å². The molecule has 0 saturated carbocycles. The minimum Gasteiger partial charge on any atom is -0.302 e. The number of nitrogens with zero attached hydrogens (tertiary/aromatic N) is 2. The number of rotatable bonds is 5. The van der Waals surface area contributed by atoms with Crippen LogP contribution in [-0.2, 0) is 16.4 Å². The Hall–Kier alpha value is -0.980. The smallest absolute Gasteiger partial charge is 0.218 e. The molecule has 2 aliphatic heterocycles. The maximum absolute atomic E-state index is 13.6. The number of halogens is 1. The lowest BCUT2D eigenvalue weighted by Crippen LogP contribution is -2.38. The van der Waals surface area contributed by atoms with Crippen LogP contribution in [0.25, 0.3) is 0 Å². The Labute approximate surface area is 132 Å². The van der Waals surface area contributed by atoms with Crippen LogP contribution in [0.1, 0.15) is 24.8 Å². The number of benzene rings is 1. The van der Waals surface area contributed by atoms with Gasteiger partial charge in [0.15, 0.2) is 0 Å². The fourth-order valence-corrected chi connectivity index (χ4v) is 5.37. The molecule has 122 valence electrons. The van der Waals surface area contributed by atoms with Gasteiger partial charge in [-0.15, -0.1) is 0 Å². The lowest BCUT2D eigenvalue weighted by molar-refractivity contribution is 0.340. The molecule has 0 spiro atoms. The first-order chi connectivity index (χ1) is 10.6. The Morgan fingerprint density at radius 3 is 2.59 bits per heavy atom. The molecule has 2 saturated heterocycles. The van der Waals surface area contributed by atoms with E-state index in [1.54, 1.807) is 16.4 Å². The van der Waals surface area contributed by atoms with Crippen molar-refractivity contribution >= 4 is 10.0 Å². The molecule has 0 aliphatic carbocycles. The van der Waals surface area contributed by atoms with E-state index < -0.39 is 10.0 Å². The lowest BCUT2D eigenvalue weighted by atomic mass is 10.1.